The molecule has 1 aromatic carbocycles. The summed E-state index contributed by atoms with van der Waals surface area (Å²) in [6, 6.07) is 7.66. The maximum atomic E-state index is 12.7. The molecule has 0 unspecified atom stereocenters. The summed E-state index contributed by atoms with van der Waals surface area (Å²) in [6.45, 7) is 2.49. The third-order valence-electron chi connectivity index (χ3n) is 6.21. The third kappa shape index (κ3) is 4.68. The first-order valence-corrected chi connectivity index (χ1v) is 11.0. The molecule has 1 N–H and O–H groups in total. The first-order valence-electron chi connectivity index (χ1n) is 11.0. The number of piperazine rings is 1. The Labute approximate surface area is 177 Å². The number of ether oxygens (including phenoxy) is 1. The second kappa shape index (κ2) is 9.36. The maximum absolute atomic E-state index is 12.7. The van der Waals surface area contributed by atoms with Crippen LogP contribution in [-0.2, 0) is 9.59 Å². The summed E-state index contributed by atoms with van der Waals surface area (Å²) in [5.74, 6) is 0.548. The Morgan fingerprint density at radius 2 is 1.70 bits per heavy atom. The van der Waals surface area contributed by atoms with Gasteiger partial charge in [0, 0.05) is 45.2 Å². The fourth-order valence-electron chi connectivity index (χ4n) is 4.44. The smallest absolute Gasteiger partial charge is 0.317 e. The number of hydrogen-bond acceptors (Lipinski definition) is 4. The van der Waals surface area contributed by atoms with Gasteiger partial charge < -0.3 is 24.8 Å². The molecule has 0 atom stereocenters. The summed E-state index contributed by atoms with van der Waals surface area (Å²) >= 11 is 0. The summed E-state index contributed by atoms with van der Waals surface area (Å²) in [7, 11) is 0. The molecule has 0 aromatic heterocycles. The van der Waals surface area contributed by atoms with E-state index >= 15 is 0 Å². The van der Waals surface area contributed by atoms with Crippen molar-refractivity contribution in [1.82, 2.24) is 15.1 Å². The second-order valence-electron chi connectivity index (χ2n) is 8.20. The van der Waals surface area contributed by atoms with Gasteiger partial charge in [0.1, 0.15) is 5.75 Å². The molecule has 0 bridgehead atoms. The van der Waals surface area contributed by atoms with Gasteiger partial charge in [0.25, 0.3) is 5.91 Å². The molecule has 2 fully saturated rings. The predicted molar refractivity (Wildman–Crippen MR) is 112 cm³/mol. The van der Waals surface area contributed by atoms with Gasteiger partial charge in [0.15, 0.2) is 6.61 Å². The van der Waals surface area contributed by atoms with Crippen LogP contribution in [0.1, 0.15) is 38.5 Å². The number of rotatable bonds is 4. The lowest BCUT2D eigenvalue weighted by atomic mass is 9.96. The molecule has 1 aliphatic carbocycles. The minimum Gasteiger partial charge on any atom is -0.482 e. The van der Waals surface area contributed by atoms with E-state index in [-0.39, 0.29) is 30.9 Å². The zero-order valence-electron chi connectivity index (χ0n) is 17.3. The third-order valence-corrected chi connectivity index (χ3v) is 6.21. The van der Waals surface area contributed by atoms with Crippen molar-refractivity contribution < 1.29 is 19.1 Å². The van der Waals surface area contributed by atoms with Crippen molar-refractivity contribution in [3.05, 3.63) is 24.3 Å². The van der Waals surface area contributed by atoms with Crippen LogP contribution in [0, 0.1) is 0 Å². The first kappa shape index (κ1) is 20.5. The quantitative estimate of drug-likeness (QED) is 0.817. The van der Waals surface area contributed by atoms with Gasteiger partial charge in [0.2, 0.25) is 5.91 Å². The topological polar surface area (TPSA) is 82.2 Å². The highest BCUT2D eigenvalue weighted by Crippen LogP contribution is 2.31. The van der Waals surface area contributed by atoms with Crippen molar-refractivity contribution in [2.45, 2.75) is 44.6 Å². The van der Waals surface area contributed by atoms with E-state index in [1.165, 1.54) is 19.3 Å². The van der Waals surface area contributed by atoms with Crippen LogP contribution >= 0.6 is 0 Å². The molecule has 1 saturated carbocycles. The van der Waals surface area contributed by atoms with E-state index in [0.717, 1.165) is 12.8 Å². The van der Waals surface area contributed by atoms with E-state index in [9.17, 15) is 14.4 Å². The van der Waals surface area contributed by atoms with Gasteiger partial charge in [-0.15, -0.1) is 0 Å². The summed E-state index contributed by atoms with van der Waals surface area (Å²) in [4.78, 5) is 42.7. The van der Waals surface area contributed by atoms with E-state index in [1.807, 2.05) is 24.3 Å². The van der Waals surface area contributed by atoms with Crippen molar-refractivity contribution >= 4 is 23.5 Å². The summed E-state index contributed by atoms with van der Waals surface area (Å²) in [5, 5.41) is 3.14. The van der Waals surface area contributed by atoms with Crippen LogP contribution in [0.15, 0.2) is 24.3 Å². The molecule has 8 nitrogen and oxygen atoms in total. The van der Waals surface area contributed by atoms with E-state index in [1.54, 1.807) is 14.7 Å². The molecule has 1 saturated heterocycles. The summed E-state index contributed by atoms with van der Waals surface area (Å²) < 4.78 is 5.45. The van der Waals surface area contributed by atoms with Crippen LogP contribution in [0.25, 0.3) is 0 Å². The van der Waals surface area contributed by atoms with Crippen molar-refractivity contribution in [2.24, 2.45) is 0 Å². The lowest BCUT2D eigenvalue weighted by Gasteiger charge is -2.36. The molecule has 1 aromatic rings. The predicted octanol–water partition coefficient (Wildman–Crippen LogP) is 1.99. The number of benzene rings is 1. The highest BCUT2D eigenvalue weighted by molar-refractivity contribution is 5.98. The highest BCUT2D eigenvalue weighted by atomic mass is 16.5. The Morgan fingerprint density at radius 1 is 1.00 bits per heavy atom. The average molecular weight is 415 g/mol. The monoisotopic (exact) mass is 414 g/mol. The molecule has 2 aliphatic heterocycles. The number of carbonyl (C=O) groups excluding carboxylic acids is 3. The zero-order chi connectivity index (χ0) is 20.9. The molecule has 162 valence electrons. The Kier molecular flexibility index (Phi) is 6.40. The first-order chi connectivity index (χ1) is 14.6. The van der Waals surface area contributed by atoms with E-state index < -0.39 is 0 Å². The van der Waals surface area contributed by atoms with Gasteiger partial charge >= 0.3 is 6.03 Å². The van der Waals surface area contributed by atoms with Gasteiger partial charge in [-0.25, -0.2) is 4.79 Å². The fourth-order valence-corrected chi connectivity index (χ4v) is 4.44. The van der Waals surface area contributed by atoms with E-state index in [0.29, 0.717) is 50.2 Å². The summed E-state index contributed by atoms with van der Waals surface area (Å²) in [5.41, 5.74) is 0.714. The molecule has 8 heteroatoms. The number of amides is 4. The number of para-hydroxylation sites is 2. The summed E-state index contributed by atoms with van der Waals surface area (Å²) in [6.07, 6.45) is 6.01. The molecule has 0 radical (unpaired) electrons. The molecule has 4 rings (SSSR count). The van der Waals surface area contributed by atoms with Gasteiger partial charge in [-0.05, 0) is 25.0 Å². The van der Waals surface area contributed by atoms with Crippen LogP contribution in [0.4, 0.5) is 10.5 Å². The largest absolute Gasteiger partial charge is 0.482 e. The van der Waals surface area contributed by atoms with Crippen molar-refractivity contribution in [3.63, 3.8) is 0 Å². The highest BCUT2D eigenvalue weighted by Gasteiger charge is 2.28. The zero-order valence-corrected chi connectivity index (χ0v) is 17.3. The number of urea groups is 1. The van der Waals surface area contributed by atoms with Crippen LogP contribution in [0.5, 0.6) is 5.75 Å². The molecule has 0 spiro atoms. The van der Waals surface area contributed by atoms with Crippen LogP contribution < -0.4 is 15.0 Å². The standard InChI is InChI=1S/C22H30N4O4/c27-20(10-11-26-18-8-4-5-9-19(18)30-16-21(26)28)24-12-14-25(15-13-24)22(29)23-17-6-2-1-3-7-17/h4-5,8-9,17H,1-3,6-7,10-16H2,(H,23,29). The second-order valence-corrected chi connectivity index (χ2v) is 8.20. The lowest BCUT2D eigenvalue weighted by molar-refractivity contribution is -0.132. The van der Waals surface area contributed by atoms with Crippen molar-refractivity contribution in [3.8, 4) is 5.75 Å². The van der Waals surface area contributed by atoms with E-state index in [2.05, 4.69) is 5.32 Å². The maximum Gasteiger partial charge on any atom is 0.317 e. The van der Waals surface area contributed by atoms with Gasteiger partial charge in [-0.1, -0.05) is 31.4 Å². The minimum atomic E-state index is -0.134. The Morgan fingerprint density at radius 3 is 2.47 bits per heavy atom. The van der Waals surface area contributed by atoms with E-state index in [4.69, 9.17) is 4.74 Å². The minimum absolute atomic E-state index is 0.0000161. The van der Waals surface area contributed by atoms with Gasteiger partial charge in [0.05, 0.1) is 5.69 Å². The number of fused-ring (bicyclic) bond motifs is 1. The van der Waals surface area contributed by atoms with Crippen molar-refractivity contribution in [1.29, 1.82) is 0 Å². The molecular weight excluding hydrogens is 384 g/mol. The van der Waals surface area contributed by atoms with Crippen molar-refractivity contribution in [2.75, 3.05) is 44.2 Å². The van der Waals surface area contributed by atoms with Gasteiger partial charge in [-0.3, -0.25) is 9.59 Å². The van der Waals surface area contributed by atoms with Crippen LogP contribution in [0.2, 0.25) is 0 Å². The van der Waals surface area contributed by atoms with Crippen LogP contribution in [0.3, 0.4) is 0 Å². The SMILES string of the molecule is O=C(CCN1C(=O)COc2ccccc21)N1CCN(C(=O)NC2CCCCC2)CC1. The van der Waals surface area contributed by atoms with Gasteiger partial charge in [-0.2, -0.15) is 0 Å². The Bertz CT molecular complexity index is 785. The van der Waals surface area contributed by atoms with Crippen LogP contribution in [-0.4, -0.2) is 73.0 Å². The molecule has 30 heavy (non-hydrogen) atoms. The lowest BCUT2D eigenvalue weighted by Crippen LogP contribution is -2.55. The number of nitrogens with one attached hydrogen (secondary N) is 1. The Balaban J connectivity index is 1.24. The Hall–Kier alpha value is -2.77. The molecular formula is C22H30N4O4. The number of hydrogen-bond donors (Lipinski definition) is 1. The molecule has 2 heterocycles. The number of carbonyl (C=O) groups is 3. The number of nitrogens with zero attached hydrogens (tertiary/aromatic N) is 3. The average Bonchev–Trinajstić information content (AvgIpc) is 2.79. The molecule has 3 aliphatic rings. The number of anilines is 1. The molecule has 4 amide bonds. The normalized spacial score (nSPS) is 19.9. The fraction of sp³-hybridized carbons (Fsp3) is 0.591.